The summed E-state index contributed by atoms with van der Waals surface area (Å²) < 4.78 is 5.55. The SMILES string of the molecule is CN(C(=O)OC(C)(C)C)[C@@H](Cc1ccccc1)C(=O)N(C)[C@@H](Cc1ccccc1)C(=O)N1CCC[C@H]1C(=O)O.CN[C@@H](Cc1ccccc1)C(=O)N(C)[C@@H](Cc1ccccc1)C(=O)N1CCC[C@H]1C(=O)O.Cl. The highest BCUT2D eigenvalue weighted by Crippen LogP contribution is 2.25. The Morgan fingerprint density at radius 2 is 0.889 bits per heavy atom. The average molecular weight is 1010 g/mol. The van der Waals surface area contributed by atoms with Crippen LogP contribution in [0.5, 0.6) is 0 Å². The Hall–Kier alpha value is -6.78. The fraction of sp³-hybridized carbons (Fsp3) is 0.436. The molecule has 16 nitrogen and oxygen atoms in total. The molecule has 2 aliphatic rings. The number of benzene rings is 4. The van der Waals surface area contributed by atoms with Gasteiger partial charge in [-0.05, 0) is 82.2 Å². The summed E-state index contributed by atoms with van der Waals surface area (Å²) in [5, 5.41) is 22.3. The Balaban J connectivity index is 0.000000314. The quantitative estimate of drug-likeness (QED) is 0.106. The van der Waals surface area contributed by atoms with E-state index in [1.807, 2.05) is 121 Å². The van der Waals surface area contributed by atoms with E-state index in [-0.39, 0.29) is 37.1 Å². The number of carboxylic acid groups (broad SMARTS) is 2. The fourth-order valence-corrected chi connectivity index (χ4v) is 9.05. The molecule has 0 unspecified atom stereocenters. The van der Waals surface area contributed by atoms with E-state index in [1.54, 1.807) is 41.9 Å². The second-order valence-electron chi connectivity index (χ2n) is 19.2. The summed E-state index contributed by atoms with van der Waals surface area (Å²) >= 11 is 0. The summed E-state index contributed by atoms with van der Waals surface area (Å²) in [7, 11) is 6.42. The van der Waals surface area contributed by atoms with Gasteiger partial charge in [-0.25, -0.2) is 14.4 Å². The summed E-state index contributed by atoms with van der Waals surface area (Å²) in [4.78, 5) is 98.4. The summed E-state index contributed by atoms with van der Waals surface area (Å²) in [5.41, 5.74) is 2.86. The molecule has 0 radical (unpaired) electrons. The van der Waals surface area contributed by atoms with E-state index in [4.69, 9.17) is 4.74 Å². The van der Waals surface area contributed by atoms with E-state index in [0.29, 0.717) is 51.6 Å². The monoisotopic (exact) mass is 1010 g/mol. The number of halogens is 1. The lowest BCUT2D eigenvalue weighted by Gasteiger charge is -2.37. The third-order valence-corrected chi connectivity index (χ3v) is 13.0. The molecular formula is C55H71ClN6O10. The molecule has 0 saturated carbocycles. The predicted molar refractivity (Wildman–Crippen MR) is 276 cm³/mol. The number of aliphatic carboxylic acids is 2. The first kappa shape index (κ1) is 57.8. The molecule has 2 fully saturated rings. The van der Waals surface area contributed by atoms with Crippen LogP contribution in [0.3, 0.4) is 0 Å². The van der Waals surface area contributed by atoms with Crippen LogP contribution in [-0.4, -0.2) is 160 Å². The second-order valence-corrected chi connectivity index (χ2v) is 19.2. The lowest BCUT2D eigenvalue weighted by atomic mass is 10.00. The van der Waals surface area contributed by atoms with Gasteiger partial charge < -0.3 is 39.9 Å². The van der Waals surface area contributed by atoms with Crippen molar-refractivity contribution in [3.05, 3.63) is 144 Å². The van der Waals surface area contributed by atoms with Crippen LogP contribution < -0.4 is 5.32 Å². The van der Waals surface area contributed by atoms with E-state index in [1.165, 1.54) is 31.5 Å². The number of hydrogen-bond donors (Lipinski definition) is 3. The molecule has 72 heavy (non-hydrogen) atoms. The third kappa shape index (κ3) is 15.9. The van der Waals surface area contributed by atoms with Gasteiger partial charge in [0.05, 0.1) is 6.04 Å². The highest BCUT2D eigenvalue weighted by atomic mass is 35.5. The second kappa shape index (κ2) is 27.2. The van der Waals surface area contributed by atoms with Crippen molar-refractivity contribution in [3.63, 3.8) is 0 Å². The van der Waals surface area contributed by atoms with Gasteiger partial charge in [0.25, 0.3) is 0 Å². The number of amides is 5. The standard InChI is InChI=1S/C30H39N3O6.C25H31N3O4.ClH/c1-30(2,3)39-29(38)32(5)24(19-21-13-8-6-9-14-21)26(34)31(4)25(20-22-15-10-7-11-16-22)27(35)33-18-12-17-23(33)28(36)37;1-26-20(16-18-10-5-3-6-11-18)23(29)27(2)22(17-19-12-7-4-8-13-19)24(30)28-15-9-14-21(28)25(31)32;/h6-11,13-16,23-25H,12,17-20H2,1-5H3,(H,36,37);3-8,10-13,20-22,26H,9,14-17H2,1-2H3,(H,31,32);1H/t23-,24-,25-;20-,21-,22-;/m00./s1. The summed E-state index contributed by atoms with van der Waals surface area (Å²) in [5.74, 6) is -3.42. The van der Waals surface area contributed by atoms with E-state index < -0.39 is 71.7 Å². The van der Waals surface area contributed by atoms with Gasteiger partial charge in [0, 0.05) is 53.5 Å². The number of rotatable bonds is 18. The van der Waals surface area contributed by atoms with Gasteiger partial charge in [0.15, 0.2) is 0 Å². The minimum atomic E-state index is -1.06. The van der Waals surface area contributed by atoms with Gasteiger partial charge in [-0.1, -0.05) is 121 Å². The van der Waals surface area contributed by atoms with Crippen LogP contribution in [0.4, 0.5) is 4.79 Å². The normalized spacial score (nSPS) is 16.9. The van der Waals surface area contributed by atoms with Crippen LogP contribution in [-0.2, 0) is 59.2 Å². The number of carbonyl (C=O) groups is 7. The minimum Gasteiger partial charge on any atom is -0.480 e. The van der Waals surface area contributed by atoms with Gasteiger partial charge in [-0.2, -0.15) is 0 Å². The Kier molecular flexibility index (Phi) is 21.8. The Bertz CT molecular complexity index is 2410. The molecule has 2 saturated heterocycles. The van der Waals surface area contributed by atoms with E-state index in [0.717, 1.165) is 22.3 Å². The zero-order valence-corrected chi connectivity index (χ0v) is 43.2. The molecule has 0 spiro atoms. The molecule has 6 atom stereocenters. The van der Waals surface area contributed by atoms with E-state index in [2.05, 4.69) is 5.32 Å². The first-order valence-corrected chi connectivity index (χ1v) is 24.2. The molecule has 5 amide bonds. The maximum Gasteiger partial charge on any atom is 0.410 e. The Morgan fingerprint density at radius 1 is 0.556 bits per heavy atom. The lowest BCUT2D eigenvalue weighted by molar-refractivity contribution is -0.153. The maximum absolute atomic E-state index is 14.1. The molecule has 2 aliphatic heterocycles. The minimum absolute atomic E-state index is 0. The highest BCUT2D eigenvalue weighted by Gasteiger charge is 2.43. The van der Waals surface area contributed by atoms with Crippen LogP contribution >= 0.6 is 12.4 Å². The van der Waals surface area contributed by atoms with Crippen LogP contribution in [0.25, 0.3) is 0 Å². The number of ether oxygens (including phenoxy) is 1. The van der Waals surface area contributed by atoms with Crippen molar-refractivity contribution in [1.82, 2.24) is 29.8 Å². The Morgan fingerprint density at radius 3 is 1.22 bits per heavy atom. The zero-order chi connectivity index (χ0) is 51.8. The molecule has 388 valence electrons. The van der Waals surface area contributed by atoms with Crippen molar-refractivity contribution in [2.45, 2.75) is 114 Å². The summed E-state index contributed by atoms with van der Waals surface area (Å²) in [6.45, 7) is 5.96. The van der Waals surface area contributed by atoms with Crippen LogP contribution in [0, 0.1) is 0 Å². The molecule has 0 aromatic heterocycles. The molecule has 2 heterocycles. The fourth-order valence-electron chi connectivity index (χ4n) is 9.05. The third-order valence-electron chi connectivity index (χ3n) is 13.0. The summed E-state index contributed by atoms with van der Waals surface area (Å²) in [6, 6.07) is 32.9. The number of carboxylic acids is 2. The number of nitrogens with one attached hydrogen (secondary N) is 1. The van der Waals surface area contributed by atoms with Crippen molar-refractivity contribution in [3.8, 4) is 0 Å². The number of likely N-dealkylation sites (tertiary alicyclic amines) is 2. The van der Waals surface area contributed by atoms with Crippen LogP contribution in [0.1, 0.15) is 68.7 Å². The molecule has 6 rings (SSSR count). The molecule has 4 aromatic carbocycles. The first-order valence-electron chi connectivity index (χ1n) is 24.2. The zero-order valence-electron chi connectivity index (χ0n) is 42.4. The van der Waals surface area contributed by atoms with Gasteiger partial charge in [-0.3, -0.25) is 24.1 Å². The van der Waals surface area contributed by atoms with Crippen molar-refractivity contribution < 1.29 is 48.5 Å². The molecule has 0 aliphatic carbocycles. The number of likely N-dealkylation sites (N-methyl/N-ethyl adjacent to an activating group) is 4. The van der Waals surface area contributed by atoms with Crippen molar-refractivity contribution in [1.29, 1.82) is 0 Å². The van der Waals surface area contributed by atoms with Crippen LogP contribution in [0.15, 0.2) is 121 Å². The van der Waals surface area contributed by atoms with Gasteiger partial charge in [0.2, 0.25) is 23.6 Å². The van der Waals surface area contributed by atoms with Crippen LogP contribution in [0.2, 0.25) is 0 Å². The smallest absolute Gasteiger partial charge is 0.410 e. The van der Waals surface area contributed by atoms with Crippen molar-refractivity contribution in [2.24, 2.45) is 0 Å². The van der Waals surface area contributed by atoms with E-state index in [9.17, 15) is 43.8 Å². The van der Waals surface area contributed by atoms with Crippen molar-refractivity contribution >= 4 is 54.1 Å². The molecule has 3 N–H and O–H groups in total. The highest BCUT2D eigenvalue weighted by molar-refractivity contribution is 5.94. The molecule has 4 aromatic rings. The van der Waals surface area contributed by atoms with Gasteiger partial charge in [-0.15, -0.1) is 12.4 Å². The molecule has 0 bridgehead atoms. The van der Waals surface area contributed by atoms with Crippen molar-refractivity contribution in [2.75, 3.05) is 41.3 Å². The first-order chi connectivity index (χ1) is 33.8. The Labute approximate surface area is 429 Å². The summed E-state index contributed by atoms with van der Waals surface area (Å²) in [6.07, 6.45) is 2.62. The topological polar surface area (TPSA) is 197 Å². The molecular weight excluding hydrogens is 940 g/mol. The largest absolute Gasteiger partial charge is 0.480 e. The number of carbonyl (C=O) groups excluding carboxylic acids is 5. The van der Waals surface area contributed by atoms with Gasteiger partial charge >= 0.3 is 18.0 Å². The number of hydrogen-bond acceptors (Lipinski definition) is 9. The predicted octanol–water partition coefficient (Wildman–Crippen LogP) is 5.99. The lowest BCUT2D eigenvalue weighted by Crippen LogP contribution is -2.57. The van der Waals surface area contributed by atoms with Gasteiger partial charge in [0.1, 0.15) is 35.8 Å². The van der Waals surface area contributed by atoms with E-state index >= 15 is 0 Å². The average Bonchev–Trinajstić information content (AvgIpc) is 4.08. The maximum atomic E-state index is 14.1. The number of nitrogens with zero attached hydrogens (tertiary/aromatic N) is 5. The molecule has 17 heteroatoms.